The lowest BCUT2D eigenvalue weighted by Gasteiger charge is -2.06. The highest BCUT2D eigenvalue weighted by Gasteiger charge is 2.10. The van der Waals surface area contributed by atoms with Crippen LogP contribution in [0.2, 0.25) is 0 Å². The predicted octanol–water partition coefficient (Wildman–Crippen LogP) is 3.79. The zero-order valence-corrected chi connectivity index (χ0v) is 13.3. The number of aromatic nitrogens is 4. The molecule has 108 valence electrons. The molecule has 1 aromatic carbocycles. The maximum Gasteiger partial charge on any atom is 0.168 e. The van der Waals surface area contributed by atoms with Crippen LogP contribution in [0.25, 0.3) is 16.7 Å². The zero-order chi connectivity index (χ0) is 14.7. The van der Waals surface area contributed by atoms with E-state index in [0.29, 0.717) is 0 Å². The molecule has 0 atom stereocenters. The summed E-state index contributed by atoms with van der Waals surface area (Å²) in [5.74, 6) is 0.844. The highest BCUT2D eigenvalue weighted by Crippen LogP contribution is 2.22. The quantitative estimate of drug-likeness (QED) is 0.714. The topological polar surface area (TPSA) is 55.6 Å². The molecule has 5 nitrogen and oxygen atoms in total. The van der Waals surface area contributed by atoms with Crippen LogP contribution in [0, 0.1) is 0 Å². The summed E-state index contributed by atoms with van der Waals surface area (Å²) in [5, 5.41) is 8.73. The van der Waals surface area contributed by atoms with Crippen LogP contribution in [0.5, 0.6) is 0 Å². The number of rotatable bonds is 5. The third kappa shape index (κ3) is 2.90. The molecule has 2 heterocycles. The number of hydrogen-bond donors (Lipinski definition) is 1. The van der Waals surface area contributed by atoms with E-state index >= 15 is 0 Å². The Bertz CT molecular complexity index is 735. The molecule has 0 saturated carbocycles. The second kappa shape index (κ2) is 6.22. The van der Waals surface area contributed by atoms with Crippen molar-refractivity contribution in [2.24, 2.45) is 0 Å². The second-order valence-corrected chi connectivity index (χ2v) is 5.69. The first-order valence-corrected chi connectivity index (χ1v) is 7.77. The van der Waals surface area contributed by atoms with Gasteiger partial charge in [0.15, 0.2) is 5.65 Å². The molecule has 0 saturated heterocycles. The molecule has 21 heavy (non-hydrogen) atoms. The third-order valence-corrected chi connectivity index (χ3v) is 3.79. The standard InChI is InChI=1S/C15H16BrN5/c1-2-3-8-17-14-13-9-20-21(15(13)19-10-18-14)12-6-4-11(16)5-7-12/h4-7,9-10H,2-3,8H2,1H3,(H,17,18,19). The molecule has 3 rings (SSSR count). The average Bonchev–Trinajstić information content (AvgIpc) is 2.93. The largest absolute Gasteiger partial charge is 0.369 e. The fourth-order valence-electron chi connectivity index (χ4n) is 2.14. The lowest BCUT2D eigenvalue weighted by molar-refractivity contribution is 0.831. The molecule has 0 unspecified atom stereocenters. The molecule has 0 radical (unpaired) electrons. The highest BCUT2D eigenvalue weighted by atomic mass is 79.9. The Labute approximate surface area is 131 Å². The van der Waals surface area contributed by atoms with Gasteiger partial charge in [0, 0.05) is 11.0 Å². The molecule has 2 aromatic heterocycles. The molecule has 0 fully saturated rings. The smallest absolute Gasteiger partial charge is 0.168 e. The van der Waals surface area contributed by atoms with Gasteiger partial charge in [0.05, 0.1) is 17.3 Å². The van der Waals surface area contributed by atoms with E-state index in [1.54, 1.807) is 6.33 Å². The summed E-state index contributed by atoms with van der Waals surface area (Å²) < 4.78 is 2.87. The van der Waals surface area contributed by atoms with Crippen molar-refractivity contribution in [2.45, 2.75) is 19.8 Å². The van der Waals surface area contributed by atoms with E-state index in [4.69, 9.17) is 0 Å². The van der Waals surface area contributed by atoms with E-state index in [0.717, 1.165) is 46.4 Å². The number of fused-ring (bicyclic) bond motifs is 1. The number of nitrogens with one attached hydrogen (secondary N) is 1. The number of hydrogen-bond acceptors (Lipinski definition) is 4. The Kier molecular flexibility index (Phi) is 4.15. The van der Waals surface area contributed by atoms with E-state index in [1.807, 2.05) is 35.1 Å². The number of nitrogens with zero attached hydrogens (tertiary/aromatic N) is 4. The van der Waals surface area contributed by atoms with E-state index in [-0.39, 0.29) is 0 Å². The Morgan fingerprint density at radius 2 is 2.00 bits per heavy atom. The van der Waals surface area contributed by atoms with Crippen molar-refractivity contribution in [3.8, 4) is 5.69 Å². The van der Waals surface area contributed by atoms with Crippen LogP contribution in [0.1, 0.15) is 19.8 Å². The van der Waals surface area contributed by atoms with Gasteiger partial charge in [-0.25, -0.2) is 14.6 Å². The van der Waals surface area contributed by atoms with Gasteiger partial charge in [0.2, 0.25) is 0 Å². The first-order chi connectivity index (χ1) is 10.3. The Hall–Kier alpha value is -1.95. The fourth-order valence-corrected chi connectivity index (χ4v) is 2.40. The highest BCUT2D eigenvalue weighted by molar-refractivity contribution is 9.10. The van der Waals surface area contributed by atoms with Gasteiger partial charge in [-0.15, -0.1) is 0 Å². The summed E-state index contributed by atoms with van der Waals surface area (Å²) in [6.45, 7) is 3.08. The van der Waals surface area contributed by atoms with Gasteiger partial charge >= 0.3 is 0 Å². The summed E-state index contributed by atoms with van der Waals surface area (Å²) >= 11 is 3.44. The molecular weight excluding hydrogens is 330 g/mol. The van der Waals surface area contributed by atoms with E-state index in [9.17, 15) is 0 Å². The van der Waals surface area contributed by atoms with Crippen molar-refractivity contribution in [3.63, 3.8) is 0 Å². The number of anilines is 1. The van der Waals surface area contributed by atoms with E-state index < -0.39 is 0 Å². The predicted molar refractivity (Wildman–Crippen MR) is 87.8 cm³/mol. The third-order valence-electron chi connectivity index (χ3n) is 3.26. The number of halogens is 1. The van der Waals surface area contributed by atoms with Crippen LogP contribution in [0.3, 0.4) is 0 Å². The van der Waals surface area contributed by atoms with Crippen LogP contribution in [0.4, 0.5) is 5.82 Å². The van der Waals surface area contributed by atoms with Gasteiger partial charge in [-0.05, 0) is 30.7 Å². The van der Waals surface area contributed by atoms with E-state index in [2.05, 4.69) is 43.2 Å². The van der Waals surface area contributed by atoms with Gasteiger partial charge in [-0.1, -0.05) is 29.3 Å². The summed E-state index contributed by atoms with van der Waals surface area (Å²) in [4.78, 5) is 8.68. The van der Waals surface area contributed by atoms with Gasteiger partial charge in [-0.2, -0.15) is 5.10 Å². The van der Waals surface area contributed by atoms with Gasteiger partial charge < -0.3 is 5.32 Å². The minimum absolute atomic E-state index is 0.811. The van der Waals surface area contributed by atoms with E-state index in [1.165, 1.54) is 0 Å². The van der Waals surface area contributed by atoms with Crippen molar-refractivity contribution in [2.75, 3.05) is 11.9 Å². The zero-order valence-electron chi connectivity index (χ0n) is 11.8. The van der Waals surface area contributed by atoms with Crippen LogP contribution in [-0.4, -0.2) is 26.3 Å². The average molecular weight is 346 g/mol. The molecule has 0 aliphatic rings. The van der Waals surface area contributed by atoms with Crippen LogP contribution in [0.15, 0.2) is 41.3 Å². The van der Waals surface area contributed by atoms with Gasteiger partial charge in [0.1, 0.15) is 12.1 Å². The van der Waals surface area contributed by atoms with Crippen molar-refractivity contribution in [1.82, 2.24) is 19.7 Å². The summed E-state index contributed by atoms with van der Waals surface area (Å²) in [7, 11) is 0. The van der Waals surface area contributed by atoms with Crippen molar-refractivity contribution in [1.29, 1.82) is 0 Å². The molecule has 0 spiro atoms. The van der Waals surface area contributed by atoms with Crippen LogP contribution < -0.4 is 5.32 Å². The van der Waals surface area contributed by atoms with Gasteiger partial charge in [0.25, 0.3) is 0 Å². The van der Waals surface area contributed by atoms with Gasteiger partial charge in [-0.3, -0.25) is 0 Å². The molecule has 0 bridgehead atoms. The fraction of sp³-hybridized carbons (Fsp3) is 0.267. The molecule has 3 aromatic rings. The molecule has 1 N–H and O–H groups in total. The number of unbranched alkanes of at least 4 members (excludes halogenated alkanes) is 1. The van der Waals surface area contributed by atoms with Crippen LogP contribution >= 0.6 is 15.9 Å². The maximum atomic E-state index is 4.44. The SMILES string of the molecule is CCCCNc1ncnc2c1cnn2-c1ccc(Br)cc1. The molecule has 6 heteroatoms. The summed E-state index contributed by atoms with van der Waals surface area (Å²) in [5.41, 5.74) is 1.79. The Morgan fingerprint density at radius 1 is 1.19 bits per heavy atom. The first kappa shape index (κ1) is 14.0. The van der Waals surface area contributed by atoms with Crippen molar-refractivity contribution >= 4 is 32.8 Å². The monoisotopic (exact) mass is 345 g/mol. The Balaban J connectivity index is 1.98. The normalized spacial score (nSPS) is 11.0. The maximum absolute atomic E-state index is 4.44. The van der Waals surface area contributed by atoms with Crippen molar-refractivity contribution in [3.05, 3.63) is 41.3 Å². The lowest BCUT2D eigenvalue weighted by Crippen LogP contribution is -2.04. The lowest BCUT2D eigenvalue weighted by atomic mass is 10.3. The minimum atomic E-state index is 0.811. The Morgan fingerprint density at radius 3 is 2.76 bits per heavy atom. The first-order valence-electron chi connectivity index (χ1n) is 6.98. The summed E-state index contributed by atoms with van der Waals surface area (Å²) in [6, 6.07) is 7.99. The molecule has 0 aliphatic carbocycles. The van der Waals surface area contributed by atoms with Crippen LogP contribution in [-0.2, 0) is 0 Å². The molecule has 0 amide bonds. The number of benzene rings is 1. The molecule has 0 aliphatic heterocycles. The van der Waals surface area contributed by atoms with Crippen molar-refractivity contribution < 1.29 is 0 Å². The minimum Gasteiger partial charge on any atom is -0.369 e. The molecular formula is C15H16BrN5. The second-order valence-electron chi connectivity index (χ2n) is 4.77. The summed E-state index contributed by atoms with van der Waals surface area (Å²) in [6.07, 6.45) is 5.66.